The lowest BCUT2D eigenvalue weighted by molar-refractivity contribution is 0.198. The van der Waals surface area contributed by atoms with Crippen LogP contribution >= 0.6 is 15.9 Å². The Hall–Kier alpha value is -3.22. The van der Waals surface area contributed by atoms with Gasteiger partial charge in [0.2, 0.25) is 0 Å². The van der Waals surface area contributed by atoms with Gasteiger partial charge in [0.1, 0.15) is 11.8 Å². The van der Waals surface area contributed by atoms with Gasteiger partial charge in [-0.15, -0.1) is 0 Å². The highest BCUT2D eigenvalue weighted by atomic mass is 79.9. The summed E-state index contributed by atoms with van der Waals surface area (Å²) in [5.41, 5.74) is 3.94. The Kier molecular flexibility index (Phi) is 4.82. The number of rotatable bonds is 4. The summed E-state index contributed by atoms with van der Waals surface area (Å²) >= 11 is 3.46. The van der Waals surface area contributed by atoms with Gasteiger partial charge in [0.15, 0.2) is 11.5 Å². The first kappa shape index (κ1) is 19.1. The molecule has 4 heterocycles. The van der Waals surface area contributed by atoms with Crippen LogP contribution in [0.2, 0.25) is 0 Å². The van der Waals surface area contributed by atoms with Crippen LogP contribution in [0.1, 0.15) is 30.0 Å². The van der Waals surface area contributed by atoms with Crippen molar-refractivity contribution in [3.8, 4) is 28.9 Å². The predicted molar refractivity (Wildman–Crippen MR) is 110 cm³/mol. The maximum atomic E-state index is 10.2. The number of aromatic nitrogens is 5. The summed E-state index contributed by atoms with van der Waals surface area (Å²) in [6.45, 7) is 3.51. The summed E-state index contributed by atoms with van der Waals surface area (Å²) in [6, 6.07) is 9.24. The predicted octanol–water partition coefficient (Wildman–Crippen LogP) is 3.59. The van der Waals surface area contributed by atoms with Gasteiger partial charge in [0.25, 0.3) is 0 Å². The zero-order valence-corrected chi connectivity index (χ0v) is 17.5. The standard InChI is InChI=1S/C20H17BrN6O2/c1-11-6-13(8-22)25-27(11)20-14(12(2)28)4-5-17(24-20)15-9-23-26-10-16(21)19(29-3)7-18(15)26/h4-7,9-10,12,28H,1-3H3/t12-/m0/s1. The molecule has 0 spiro atoms. The second kappa shape index (κ2) is 7.31. The molecule has 0 unspecified atom stereocenters. The first-order chi connectivity index (χ1) is 13.9. The number of aryl methyl sites for hydroxylation is 1. The van der Waals surface area contributed by atoms with Crippen molar-refractivity contribution in [3.05, 3.63) is 58.1 Å². The van der Waals surface area contributed by atoms with Gasteiger partial charge in [0, 0.05) is 29.1 Å². The molecule has 4 rings (SSSR count). The number of aliphatic hydroxyl groups excluding tert-OH is 1. The molecule has 4 aromatic rings. The molecular weight excluding hydrogens is 436 g/mol. The molecule has 0 aliphatic carbocycles. The van der Waals surface area contributed by atoms with E-state index in [2.05, 4.69) is 26.1 Å². The lowest BCUT2D eigenvalue weighted by Crippen LogP contribution is -2.09. The fourth-order valence-electron chi connectivity index (χ4n) is 3.18. The van der Waals surface area contributed by atoms with Crippen molar-refractivity contribution in [3.63, 3.8) is 0 Å². The molecule has 9 heteroatoms. The van der Waals surface area contributed by atoms with Crippen molar-refractivity contribution < 1.29 is 9.84 Å². The number of aliphatic hydroxyl groups is 1. The van der Waals surface area contributed by atoms with Crippen molar-refractivity contribution in [2.24, 2.45) is 0 Å². The highest BCUT2D eigenvalue weighted by molar-refractivity contribution is 9.10. The van der Waals surface area contributed by atoms with Crippen molar-refractivity contribution in [2.75, 3.05) is 7.11 Å². The van der Waals surface area contributed by atoms with E-state index in [1.54, 1.807) is 35.5 Å². The second-order valence-corrected chi connectivity index (χ2v) is 7.41. The molecule has 146 valence electrons. The Morgan fingerprint density at radius 2 is 2.10 bits per heavy atom. The lowest BCUT2D eigenvalue weighted by atomic mass is 10.1. The Bertz CT molecular complexity index is 1270. The number of ether oxygens (including phenoxy) is 1. The summed E-state index contributed by atoms with van der Waals surface area (Å²) in [5, 5.41) is 28.1. The molecule has 0 radical (unpaired) electrons. The largest absolute Gasteiger partial charge is 0.495 e. The van der Waals surface area contributed by atoms with Crippen molar-refractivity contribution >= 4 is 21.4 Å². The molecule has 0 fully saturated rings. The number of fused-ring (bicyclic) bond motifs is 1. The molecule has 29 heavy (non-hydrogen) atoms. The van der Waals surface area contributed by atoms with E-state index >= 15 is 0 Å². The minimum Gasteiger partial charge on any atom is -0.495 e. The number of hydrogen-bond donors (Lipinski definition) is 1. The molecule has 1 atom stereocenters. The van der Waals surface area contributed by atoms with E-state index in [0.717, 1.165) is 21.2 Å². The van der Waals surface area contributed by atoms with Gasteiger partial charge in [-0.05, 0) is 41.9 Å². The molecule has 0 amide bonds. The Labute approximate surface area is 175 Å². The summed E-state index contributed by atoms with van der Waals surface area (Å²) in [4.78, 5) is 4.77. The number of pyridine rings is 2. The van der Waals surface area contributed by atoms with Crippen LogP contribution in [0.25, 0.3) is 22.6 Å². The number of methoxy groups -OCH3 is 1. The van der Waals surface area contributed by atoms with Gasteiger partial charge in [-0.25, -0.2) is 14.2 Å². The summed E-state index contributed by atoms with van der Waals surface area (Å²) in [7, 11) is 1.60. The van der Waals surface area contributed by atoms with Crippen molar-refractivity contribution in [2.45, 2.75) is 20.0 Å². The molecule has 0 aliphatic rings. The minimum absolute atomic E-state index is 0.289. The molecule has 0 aromatic carbocycles. The average Bonchev–Trinajstić information content (AvgIpc) is 3.29. The lowest BCUT2D eigenvalue weighted by Gasteiger charge is -2.14. The van der Waals surface area contributed by atoms with E-state index in [1.165, 1.54) is 0 Å². The average molecular weight is 453 g/mol. The molecule has 4 aromatic heterocycles. The van der Waals surface area contributed by atoms with Crippen LogP contribution in [0, 0.1) is 18.3 Å². The van der Waals surface area contributed by atoms with Crippen LogP contribution in [0.3, 0.4) is 0 Å². The fraction of sp³-hybridized carbons (Fsp3) is 0.200. The minimum atomic E-state index is -0.749. The van der Waals surface area contributed by atoms with Gasteiger partial charge >= 0.3 is 0 Å². The van der Waals surface area contributed by atoms with E-state index in [-0.39, 0.29) is 5.69 Å². The molecule has 0 aliphatic heterocycles. The summed E-state index contributed by atoms with van der Waals surface area (Å²) in [5.74, 6) is 1.15. The molecule has 1 N–H and O–H groups in total. The van der Waals surface area contributed by atoms with Gasteiger partial charge in [0.05, 0.1) is 35.1 Å². The topological polar surface area (TPSA) is 101 Å². The SMILES string of the molecule is COc1cc2c(-c3ccc([C@H](C)O)c(-n4nc(C#N)cc4C)n3)cnn2cc1Br. The Morgan fingerprint density at radius 3 is 2.76 bits per heavy atom. The van der Waals surface area contributed by atoms with Crippen LogP contribution < -0.4 is 4.74 Å². The van der Waals surface area contributed by atoms with E-state index in [4.69, 9.17) is 9.72 Å². The van der Waals surface area contributed by atoms with Gasteiger partial charge < -0.3 is 9.84 Å². The van der Waals surface area contributed by atoms with Gasteiger partial charge in [-0.2, -0.15) is 15.5 Å². The van der Waals surface area contributed by atoms with Gasteiger partial charge in [-0.3, -0.25) is 0 Å². The fourth-order valence-corrected chi connectivity index (χ4v) is 3.66. The normalized spacial score (nSPS) is 12.1. The second-order valence-electron chi connectivity index (χ2n) is 6.56. The van der Waals surface area contributed by atoms with Crippen LogP contribution in [0.4, 0.5) is 0 Å². The van der Waals surface area contributed by atoms with E-state index in [0.29, 0.717) is 22.8 Å². The van der Waals surface area contributed by atoms with Crippen molar-refractivity contribution in [1.29, 1.82) is 5.26 Å². The number of nitrogens with zero attached hydrogens (tertiary/aromatic N) is 6. The maximum absolute atomic E-state index is 10.2. The van der Waals surface area contributed by atoms with E-state index in [1.807, 2.05) is 37.4 Å². The highest BCUT2D eigenvalue weighted by Gasteiger charge is 2.18. The third-order valence-corrected chi connectivity index (χ3v) is 5.22. The Morgan fingerprint density at radius 1 is 1.31 bits per heavy atom. The third kappa shape index (κ3) is 3.26. The molecular formula is C20H17BrN6O2. The number of hydrogen-bond acceptors (Lipinski definition) is 6. The zero-order valence-electron chi connectivity index (χ0n) is 16.0. The monoisotopic (exact) mass is 452 g/mol. The van der Waals surface area contributed by atoms with E-state index in [9.17, 15) is 10.4 Å². The zero-order chi connectivity index (χ0) is 20.7. The summed E-state index contributed by atoms with van der Waals surface area (Å²) < 4.78 is 9.50. The molecule has 0 saturated carbocycles. The third-order valence-electron chi connectivity index (χ3n) is 4.63. The number of halogens is 1. The highest BCUT2D eigenvalue weighted by Crippen LogP contribution is 2.32. The van der Waals surface area contributed by atoms with Crippen LogP contribution in [0.15, 0.2) is 41.1 Å². The molecule has 8 nitrogen and oxygen atoms in total. The number of nitriles is 1. The first-order valence-electron chi connectivity index (χ1n) is 8.80. The Balaban J connectivity index is 1.93. The van der Waals surface area contributed by atoms with Crippen LogP contribution in [-0.4, -0.2) is 36.6 Å². The van der Waals surface area contributed by atoms with Crippen LogP contribution in [-0.2, 0) is 0 Å². The molecule has 0 bridgehead atoms. The van der Waals surface area contributed by atoms with Gasteiger partial charge in [-0.1, -0.05) is 6.07 Å². The van der Waals surface area contributed by atoms with E-state index < -0.39 is 6.10 Å². The first-order valence-corrected chi connectivity index (χ1v) is 9.59. The smallest absolute Gasteiger partial charge is 0.163 e. The van der Waals surface area contributed by atoms with Crippen LogP contribution in [0.5, 0.6) is 5.75 Å². The van der Waals surface area contributed by atoms with Crippen molar-refractivity contribution in [1.82, 2.24) is 24.4 Å². The maximum Gasteiger partial charge on any atom is 0.163 e. The summed E-state index contributed by atoms with van der Waals surface area (Å²) in [6.07, 6.45) is 2.80. The quantitative estimate of drug-likeness (QED) is 0.507. The molecule has 0 saturated heterocycles.